The van der Waals surface area contributed by atoms with Crippen molar-refractivity contribution in [2.45, 2.75) is 0 Å². The molecule has 0 amide bonds. The van der Waals surface area contributed by atoms with Gasteiger partial charge in [-0.15, -0.1) is 0 Å². The molecule has 12 aromatic rings. The Bertz CT molecular complexity index is 3540. The number of hydrogen-bond donors (Lipinski definition) is 0. The lowest BCUT2D eigenvalue weighted by molar-refractivity contribution is 1.18. The highest BCUT2D eigenvalue weighted by Crippen LogP contribution is 2.38. The molecular formula is C51H31N5. The maximum atomic E-state index is 5.28. The van der Waals surface area contributed by atoms with Gasteiger partial charge in [0.2, 0.25) is 0 Å². The molecule has 5 heteroatoms. The fourth-order valence-corrected chi connectivity index (χ4v) is 8.72. The summed E-state index contributed by atoms with van der Waals surface area (Å²) in [5.74, 6) is 0.671. The lowest BCUT2D eigenvalue weighted by Crippen LogP contribution is -1.98. The highest BCUT2D eigenvalue weighted by Gasteiger charge is 2.18. The van der Waals surface area contributed by atoms with E-state index in [0.29, 0.717) is 5.82 Å². The van der Waals surface area contributed by atoms with Crippen LogP contribution in [0.1, 0.15) is 0 Å². The third-order valence-corrected chi connectivity index (χ3v) is 11.3. The summed E-state index contributed by atoms with van der Waals surface area (Å²) in [6.07, 6.45) is 1.82. The molecule has 0 unspecified atom stereocenters. The van der Waals surface area contributed by atoms with E-state index in [4.69, 9.17) is 15.0 Å². The van der Waals surface area contributed by atoms with Gasteiger partial charge in [0.25, 0.3) is 0 Å². The average molecular weight is 714 g/mol. The minimum Gasteiger partial charge on any atom is -0.309 e. The molecule has 5 nitrogen and oxygen atoms in total. The zero-order chi connectivity index (χ0) is 36.7. The topological polar surface area (TPSA) is 48.5 Å². The Kier molecular flexibility index (Phi) is 6.56. The van der Waals surface area contributed by atoms with Gasteiger partial charge in [0, 0.05) is 50.2 Å². The Balaban J connectivity index is 1.00. The van der Waals surface area contributed by atoms with Crippen molar-refractivity contribution in [2.24, 2.45) is 0 Å². The zero-order valence-corrected chi connectivity index (χ0v) is 30.1. The molecule has 8 aromatic carbocycles. The first-order valence-electron chi connectivity index (χ1n) is 18.9. The molecule has 4 aromatic heterocycles. The predicted octanol–water partition coefficient (Wildman–Crippen LogP) is 12.9. The second-order valence-electron chi connectivity index (χ2n) is 14.5. The molecule has 0 radical (unpaired) electrons. The first-order chi connectivity index (χ1) is 27.7. The van der Waals surface area contributed by atoms with Crippen LogP contribution in [0.4, 0.5) is 0 Å². The normalized spacial score (nSPS) is 11.9. The van der Waals surface area contributed by atoms with E-state index in [-0.39, 0.29) is 0 Å². The van der Waals surface area contributed by atoms with E-state index < -0.39 is 0 Å². The molecule has 0 aliphatic heterocycles. The molecule has 260 valence electrons. The van der Waals surface area contributed by atoms with Gasteiger partial charge in [-0.05, 0) is 94.3 Å². The molecule has 56 heavy (non-hydrogen) atoms. The number of para-hydroxylation sites is 3. The molecule has 4 heterocycles. The Labute approximate surface area is 321 Å². The molecule has 0 atom stereocenters. The molecule has 0 aliphatic carbocycles. The highest BCUT2D eigenvalue weighted by atomic mass is 15.0. The minimum absolute atomic E-state index is 0.671. The van der Waals surface area contributed by atoms with Crippen LogP contribution in [0.2, 0.25) is 0 Å². The van der Waals surface area contributed by atoms with E-state index in [2.05, 4.69) is 179 Å². The van der Waals surface area contributed by atoms with Crippen LogP contribution in [0.15, 0.2) is 188 Å². The first-order valence-corrected chi connectivity index (χ1v) is 18.9. The summed E-state index contributed by atoms with van der Waals surface area (Å²) in [4.78, 5) is 15.2. The largest absolute Gasteiger partial charge is 0.309 e. The van der Waals surface area contributed by atoms with Crippen molar-refractivity contribution >= 4 is 76.2 Å². The number of hydrogen-bond acceptors (Lipinski definition) is 3. The van der Waals surface area contributed by atoms with Crippen LogP contribution < -0.4 is 0 Å². The lowest BCUT2D eigenvalue weighted by Gasteiger charge is -2.12. The van der Waals surface area contributed by atoms with Crippen molar-refractivity contribution < 1.29 is 0 Å². The maximum Gasteiger partial charge on any atom is 0.160 e. The molecule has 0 N–H and O–H groups in total. The van der Waals surface area contributed by atoms with Gasteiger partial charge in [0.15, 0.2) is 5.82 Å². The molecule has 0 saturated carbocycles. The van der Waals surface area contributed by atoms with E-state index in [1.165, 1.54) is 48.9 Å². The van der Waals surface area contributed by atoms with Crippen LogP contribution in [0, 0.1) is 0 Å². The van der Waals surface area contributed by atoms with E-state index in [1.807, 2.05) is 18.3 Å². The molecular weight excluding hydrogens is 683 g/mol. The molecule has 12 rings (SSSR count). The SMILES string of the molecule is c1ccc(-n2c3ccccc3c3ccc(-c4nc(-c5ccc6cc(-n7c8ccccc8c8cc9ccccc9cc87)ccc6c5)nc5cccnc45)cc32)cc1. The number of pyridine rings is 1. The maximum absolute atomic E-state index is 5.28. The number of benzene rings is 8. The molecule has 0 bridgehead atoms. The lowest BCUT2D eigenvalue weighted by atomic mass is 10.0. The van der Waals surface area contributed by atoms with Crippen LogP contribution >= 0.6 is 0 Å². The van der Waals surface area contributed by atoms with Gasteiger partial charge in [-0.3, -0.25) is 4.98 Å². The standard InChI is InChI=1S/C51H31N5/c1-2-13-38(14-3-1)55-45-18-8-6-15-40(45)42-25-23-36(31-47(42)55)49-50-44(17-10-26-52-50)53-51(54-49)37-21-20-35-28-39(24-22-34(35)27-37)56-46-19-9-7-16-41(46)43-29-32-11-4-5-12-33(32)30-48(43)56/h1-31H. The second-order valence-corrected chi connectivity index (χ2v) is 14.5. The third kappa shape index (κ3) is 4.64. The molecule has 0 saturated heterocycles. The van der Waals surface area contributed by atoms with Gasteiger partial charge in [-0.25, -0.2) is 9.97 Å². The van der Waals surface area contributed by atoms with Gasteiger partial charge in [0.1, 0.15) is 11.2 Å². The number of rotatable bonds is 4. The van der Waals surface area contributed by atoms with Crippen molar-refractivity contribution in [3.63, 3.8) is 0 Å². The fraction of sp³-hybridized carbons (Fsp3) is 0. The van der Waals surface area contributed by atoms with Crippen molar-refractivity contribution in [3.8, 4) is 34.0 Å². The quantitative estimate of drug-likeness (QED) is 0.182. The molecule has 0 spiro atoms. The van der Waals surface area contributed by atoms with Crippen molar-refractivity contribution in [1.82, 2.24) is 24.1 Å². The summed E-state index contributed by atoms with van der Waals surface area (Å²) >= 11 is 0. The Morgan fingerprint density at radius 3 is 1.82 bits per heavy atom. The van der Waals surface area contributed by atoms with Gasteiger partial charge in [-0.1, -0.05) is 109 Å². The van der Waals surface area contributed by atoms with Crippen molar-refractivity contribution in [2.75, 3.05) is 0 Å². The van der Waals surface area contributed by atoms with Gasteiger partial charge < -0.3 is 9.13 Å². The third-order valence-electron chi connectivity index (χ3n) is 11.3. The van der Waals surface area contributed by atoms with Gasteiger partial charge in [0.05, 0.1) is 27.6 Å². The summed E-state index contributed by atoms with van der Waals surface area (Å²) in [6, 6.07) is 65.0. The summed E-state index contributed by atoms with van der Waals surface area (Å²) in [5, 5.41) is 9.69. The van der Waals surface area contributed by atoms with E-state index in [1.54, 1.807) is 0 Å². The van der Waals surface area contributed by atoms with Crippen LogP contribution in [0.5, 0.6) is 0 Å². The second kappa shape index (κ2) is 11.9. The van der Waals surface area contributed by atoms with Crippen LogP contribution in [0.25, 0.3) is 110 Å². The Morgan fingerprint density at radius 1 is 0.357 bits per heavy atom. The smallest absolute Gasteiger partial charge is 0.160 e. The van der Waals surface area contributed by atoms with Crippen molar-refractivity contribution in [1.29, 1.82) is 0 Å². The average Bonchev–Trinajstić information content (AvgIpc) is 3.77. The number of aromatic nitrogens is 5. The van der Waals surface area contributed by atoms with E-state index in [9.17, 15) is 0 Å². The number of fused-ring (bicyclic) bond motifs is 9. The summed E-state index contributed by atoms with van der Waals surface area (Å²) in [5.41, 5.74) is 11.3. The summed E-state index contributed by atoms with van der Waals surface area (Å²) in [7, 11) is 0. The first kappa shape index (κ1) is 30.8. The molecule has 0 aliphatic rings. The highest BCUT2D eigenvalue weighted by molar-refractivity contribution is 6.14. The number of nitrogens with zero attached hydrogens (tertiary/aromatic N) is 5. The minimum atomic E-state index is 0.671. The van der Waals surface area contributed by atoms with Gasteiger partial charge >= 0.3 is 0 Å². The summed E-state index contributed by atoms with van der Waals surface area (Å²) in [6.45, 7) is 0. The monoisotopic (exact) mass is 713 g/mol. The van der Waals surface area contributed by atoms with Crippen LogP contribution in [-0.4, -0.2) is 24.1 Å². The zero-order valence-electron chi connectivity index (χ0n) is 30.1. The van der Waals surface area contributed by atoms with E-state index >= 15 is 0 Å². The van der Waals surface area contributed by atoms with Crippen LogP contribution in [-0.2, 0) is 0 Å². The van der Waals surface area contributed by atoms with E-state index in [0.717, 1.165) is 55.5 Å². The Hall–Kier alpha value is -7.63. The fourth-order valence-electron chi connectivity index (χ4n) is 8.72. The van der Waals surface area contributed by atoms with Crippen LogP contribution in [0.3, 0.4) is 0 Å². The van der Waals surface area contributed by atoms with Crippen molar-refractivity contribution in [3.05, 3.63) is 188 Å². The molecule has 0 fully saturated rings. The summed E-state index contributed by atoms with van der Waals surface area (Å²) < 4.78 is 4.73. The van der Waals surface area contributed by atoms with Gasteiger partial charge in [-0.2, -0.15) is 0 Å². The predicted molar refractivity (Wildman–Crippen MR) is 232 cm³/mol. The Morgan fingerprint density at radius 2 is 0.982 bits per heavy atom.